The summed E-state index contributed by atoms with van der Waals surface area (Å²) in [5, 5.41) is 3.48. The topological polar surface area (TPSA) is 46.4 Å². The van der Waals surface area contributed by atoms with Crippen LogP contribution in [-0.2, 0) is 0 Å². The van der Waals surface area contributed by atoms with Gasteiger partial charge < -0.3 is 5.32 Å². The number of anilines is 1. The fourth-order valence-electron chi connectivity index (χ4n) is 2.17. The summed E-state index contributed by atoms with van der Waals surface area (Å²) in [6.07, 6.45) is 1.80. The van der Waals surface area contributed by atoms with E-state index in [0.717, 1.165) is 5.65 Å². The Balaban J connectivity index is 2.01. The highest BCUT2D eigenvalue weighted by Gasteiger charge is 2.17. The maximum Gasteiger partial charge on any atom is 0.274 e. The Bertz CT molecular complexity index is 842. The molecule has 1 N–H and O–H groups in total. The van der Waals surface area contributed by atoms with Crippen molar-refractivity contribution in [3.8, 4) is 0 Å². The third-order valence-corrected chi connectivity index (χ3v) is 3.94. The quantitative estimate of drug-likeness (QED) is 0.769. The number of aromatic nitrogens is 2. The molecule has 0 unspecified atom stereocenters. The Labute approximate surface area is 131 Å². The Hall–Kier alpha value is -2.04. The summed E-state index contributed by atoms with van der Waals surface area (Å²) in [6, 6.07) is 10.7. The molecule has 0 atom stereocenters. The number of rotatable bonds is 2. The minimum Gasteiger partial charge on any atom is -0.319 e. The maximum atomic E-state index is 12.5. The first kappa shape index (κ1) is 13.9. The molecular weight excluding hydrogens is 309 g/mol. The molecule has 0 fully saturated rings. The number of aryl methyl sites for hydroxylation is 1. The van der Waals surface area contributed by atoms with Crippen LogP contribution in [0.3, 0.4) is 0 Å². The summed E-state index contributed by atoms with van der Waals surface area (Å²) in [7, 11) is 0. The average molecular weight is 320 g/mol. The molecule has 2 aromatic heterocycles. The maximum absolute atomic E-state index is 12.5. The normalized spacial score (nSPS) is 10.8. The standard InChI is InChI=1S/C15H11Cl2N3O/c1-9-14(20-8-3-2-7-12(20)18-9)15(21)19-11-6-4-5-10(16)13(11)17/h2-8H,1H3,(H,19,21). The number of carbonyl (C=O) groups is 1. The van der Waals surface area contributed by atoms with E-state index in [0.29, 0.717) is 27.1 Å². The van der Waals surface area contributed by atoms with E-state index in [2.05, 4.69) is 10.3 Å². The minimum absolute atomic E-state index is 0.282. The van der Waals surface area contributed by atoms with Crippen molar-refractivity contribution in [2.24, 2.45) is 0 Å². The van der Waals surface area contributed by atoms with Gasteiger partial charge in [0, 0.05) is 6.20 Å². The van der Waals surface area contributed by atoms with Gasteiger partial charge in [0.15, 0.2) is 0 Å². The third kappa shape index (κ3) is 2.48. The Kier molecular flexibility index (Phi) is 3.57. The number of nitrogens with one attached hydrogen (secondary N) is 1. The number of amides is 1. The van der Waals surface area contributed by atoms with Gasteiger partial charge in [-0.15, -0.1) is 0 Å². The van der Waals surface area contributed by atoms with Crippen molar-refractivity contribution < 1.29 is 4.79 Å². The van der Waals surface area contributed by atoms with E-state index >= 15 is 0 Å². The number of halogens is 2. The van der Waals surface area contributed by atoms with Crippen LogP contribution >= 0.6 is 23.2 Å². The number of pyridine rings is 1. The van der Waals surface area contributed by atoms with Crippen molar-refractivity contribution in [2.45, 2.75) is 6.92 Å². The van der Waals surface area contributed by atoms with Gasteiger partial charge in [-0.25, -0.2) is 4.98 Å². The van der Waals surface area contributed by atoms with Crippen LogP contribution in [0.2, 0.25) is 10.0 Å². The molecule has 0 radical (unpaired) electrons. The first-order chi connectivity index (χ1) is 10.1. The number of imidazole rings is 1. The molecule has 106 valence electrons. The van der Waals surface area contributed by atoms with E-state index < -0.39 is 0 Å². The van der Waals surface area contributed by atoms with Gasteiger partial charge in [0.2, 0.25) is 0 Å². The molecule has 0 aliphatic rings. The molecule has 4 nitrogen and oxygen atoms in total. The predicted molar refractivity (Wildman–Crippen MR) is 84.3 cm³/mol. The lowest BCUT2D eigenvalue weighted by Gasteiger charge is -2.08. The highest BCUT2D eigenvalue weighted by atomic mass is 35.5. The van der Waals surface area contributed by atoms with Gasteiger partial charge in [-0.3, -0.25) is 9.20 Å². The number of hydrogen-bond donors (Lipinski definition) is 1. The van der Waals surface area contributed by atoms with Gasteiger partial charge >= 0.3 is 0 Å². The number of benzene rings is 1. The van der Waals surface area contributed by atoms with Crippen molar-refractivity contribution in [3.63, 3.8) is 0 Å². The highest BCUT2D eigenvalue weighted by Crippen LogP contribution is 2.30. The highest BCUT2D eigenvalue weighted by molar-refractivity contribution is 6.44. The largest absolute Gasteiger partial charge is 0.319 e. The van der Waals surface area contributed by atoms with Crippen LogP contribution in [0.15, 0.2) is 42.6 Å². The molecule has 0 saturated heterocycles. The molecule has 3 rings (SSSR count). The van der Waals surface area contributed by atoms with E-state index in [-0.39, 0.29) is 5.91 Å². The van der Waals surface area contributed by atoms with E-state index in [9.17, 15) is 4.79 Å². The molecule has 0 bridgehead atoms. The molecule has 0 aliphatic carbocycles. The van der Waals surface area contributed by atoms with Crippen LogP contribution in [0.1, 0.15) is 16.2 Å². The van der Waals surface area contributed by atoms with Crippen molar-refractivity contribution >= 4 is 40.4 Å². The zero-order chi connectivity index (χ0) is 15.0. The predicted octanol–water partition coefficient (Wildman–Crippen LogP) is 4.20. The monoisotopic (exact) mass is 319 g/mol. The summed E-state index contributed by atoms with van der Waals surface area (Å²) in [6.45, 7) is 1.79. The van der Waals surface area contributed by atoms with Crippen LogP contribution in [-0.4, -0.2) is 15.3 Å². The summed E-state index contributed by atoms with van der Waals surface area (Å²) in [5.74, 6) is -0.282. The lowest BCUT2D eigenvalue weighted by Crippen LogP contribution is -2.15. The van der Waals surface area contributed by atoms with Gasteiger partial charge in [0.25, 0.3) is 5.91 Å². The lowest BCUT2D eigenvalue weighted by molar-refractivity contribution is 0.102. The molecule has 1 aromatic carbocycles. The molecule has 3 aromatic rings. The number of fused-ring (bicyclic) bond motifs is 1. The second kappa shape index (κ2) is 5.39. The van der Waals surface area contributed by atoms with Crippen molar-refractivity contribution in [3.05, 3.63) is 64.0 Å². The van der Waals surface area contributed by atoms with Crippen LogP contribution < -0.4 is 5.32 Å². The fourth-order valence-corrected chi connectivity index (χ4v) is 2.52. The smallest absolute Gasteiger partial charge is 0.274 e. The van der Waals surface area contributed by atoms with Crippen molar-refractivity contribution in [2.75, 3.05) is 5.32 Å². The second-order valence-electron chi connectivity index (χ2n) is 4.53. The molecule has 2 heterocycles. The van der Waals surface area contributed by atoms with Gasteiger partial charge in [0.1, 0.15) is 11.3 Å². The van der Waals surface area contributed by atoms with Crippen LogP contribution in [0.25, 0.3) is 5.65 Å². The SMILES string of the molecule is Cc1nc2ccccn2c1C(=O)Nc1cccc(Cl)c1Cl. The van der Waals surface area contributed by atoms with Crippen molar-refractivity contribution in [1.29, 1.82) is 0 Å². The van der Waals surface area contributed by atoms with E-state index in [4.69, 9.17) is 23.2 Å². The average Bonchev–Trinajstić information content (AvgIpc) is 2.79. The zero-order valence-corrected chi connectivity index (χ0v) is 12.6. The molecule has 6 heteroatoms. The number of carbonyl (C=O) groups excluding carboxylic acids is 1. The molecule has 0 saturated carbocycles. The molecule has 21 heavy (non-hydrogen) atoms. The minimum atomic E-state index is -0.282. The second-order valence-corrected chi connectivity index (χ2v) is 5.32. The summed E-state index contributed by atoms with van der Waals surface area (Å²) in [5.41, 5.74) is 2.32. The third-order valence-electron chi connectivity index (χ3n) is 3.12. The van der Waals surface area contributed by atoms with Gasteiger partial charge in [0.05, 0.1) is 21.4 Å². The molecule has 1 amide bonds. The van der Waals surface area contributed by atoms with Gasteiger partial charge in [-0.05, 0) is 31.2 Å². The molecule has 0 spiro atoms. The number of hydrogen-bond acceptors (Lipinski definition) is 2. The van der Waals surface area contributed by atoms with Crippen LogP contribution in [0, 0.1) is 6.92 Å². The zero-order valence-electron chi connectivity index (χ0n) is 11.1. The Morgan fingerprint density at radius 3 is 2.81 bits per heavy atom. The van der Waals surface area contributed by atoms with Gasteiger partial charge in [-0.1, -0.05) is 35.3 Å². The van der Waals surface area contributed by atoms with E-state index in [1.807, 2.05) is 18.2 Å². The van der Waals surface area contributed by atoms with Crippen molar-refractivity contribution in [1.82, 2.24) is 9.38 Å². The first-order valence-electron chi connectivity index (χ1n) is 6.27. The van der Waals surface area contributed by atoms with E-state index in [1.54, 1.807) is 35.7 Å². The van der Waals surface area contributed by atoms with Crippen LogP contribution in [0.5, 0.6) is 0 Å². The summed E-state index contributed by atoms with van der Waals surface area (Å²) < 4.78 is 1.74. The first-order valence-corrected chi connectivity index (χ1v) is 7.02. The molecular formula is C15H11Cl2N3O. The Morgan fingerprint density at radius 1 is 1.19 bits per heavy atom. The summed E-state index contributed by atoms with van der Waals surface area (Å²) in [4.78, 5) is 16.9. The summed E-state index contributed by atoms with van der Waals surface area (Å²) >= 11 is 12.0. The van der Waals surface area contributed by atoms with Crippen LogP contribution in [0.4, 0.5) is 5.69 Å². The Morgan fingerprint density at radius 2 is 2.00 bits per heavy atom. The fraction of sp³-hybridized carbons (Fsp3) is 0.0667. The lowest BCUT2D eigenvalue weighted by atomic mass is 10.2. The number of nitrogens with zero attached hydrogens (tertiary/aromatic N) is 2. The molecule has 0 aliphatic heterocycles. The van der Waals surface area contributed by atoms with E-state index in [1.165, 1.54) is 0 Å². The van der Waals surface area contributed by atoms with Gasteiger partial charge in [-0.2, -0.15) is 0 Å².